The van der Waals surface area contributed by atoms with Gasteiger partial charge >= 0.3 is 0 Å². The topological polar surface area (TPSA) is 46.3 Å². The molecule has 1 aromatic heterocycles. The van der Waals surface area contributed by atoms with Gasteiger partial charge in [-0.25, -0.2) is 0 Å². The molecule has 1 atom stereocenters. The second kappa shape index (κ2) is 4.37. The van der Waals surface area contributed by atoms with E-state index in [9.17, 15) is 4.79 Å². The van der Waals surface area contributed by atoms with Gasteiger partial charge in [0.25, 0.3) is 5.91 Å². The number of aromatic nitrogens is 1. The Morgan fingerprint density at radius 2 is 2.29 bits per heavy atom. The van der Waals surface area contributed by atoms with E-state index in [2.05, 4.69) is 12.1 Å². The van der Waals surface area contributed by atoms with Crippen LogP contribution < -0.4 is 0 Å². The SMILES string of the molecule is CC1SCCN1C(=O)c1noc2c1CCCC2. The van der Waals surface area contributed by atoms with Gasteiger partial charge in [0, 0.05) is 24.3 Å². The van der Waals surface area contributed by atoms with Gasteiger partial charge in [0.1, 0.15) is 5.76 Å². The van der Waals surface area contributed by atoms with Crippen LogP contribution in [0.2, 0.25) is 0 Å². The van der Waals surface area contributed by atoms with Crippen LogP contribution in [-0.4, -0.2) is 33.6 Å². The summed E-state index contributed by atoms with van der Waals surface area (Å²) in [4.78, 5) is 14.3. The molecule has 1 aromatic rings. The monoisotopic (exact) mass is 252 g/mol. The molecule has 4 nitrogen and oxygen atoms in total. The number of fused-ring (bicyclic) bond motifs is 1. The van der Waals surface area contributed by atoms with Crippen LogP contribution in [0.1, 0.15) is 41.6 Å². The molecule has 17 heavy (non-hydrogen) atoms. The minimum atomic E-state index is 0.0504. The van der Waals surface area contributed by atoms with Crippen molar-refractivity contribution in [2.45, 2.75) is 38.0 Å². The molecule has 0 bridgehead atoms. The van der Waals surface area contributed by atoms with Gasteiger partial charge < -0.3 is 9.42 Å². The Balaban J connectivity index is 1.88. The molecule has 2 heterocycles. The van der Waals surface area contributed by atoms with E-state index in [1.165, 1.54) is 0 Å². The molecule has 1 amide bonds. The lowest BCUT2D eigenvalue weighted by molar-refractivity contribution is 0.0757. The number of carbonyl (C=O) groups excluding carboxylic acids is 1. The van der Waals surface area contributed by atoms with Crippen LogP contribution in [-0.2, 0) is 12.8 Å². The molecule has 1 fully saturated rings. The van der Waals surface area contributed by atoms with Gasteiger partial charge in [-0.05, 0) is 26.2 Å². The summed E-state index contributed by atoms with van der Waals surface area (Å²) in [5, 5.41) is 4.26. The lowest BCUT2D eigenvalue weighted by Crippen LogP contribution is -2.34. The standard InChI is InChI=1S/C12H16N2O2S/c1-8-14(6-7-17-8)12(15)11-9-4-2-3-5-10(9)16-13-11/h8H,2-7H2,1H3. The van der Waals surface area contributed by atoms with Crippen LogP contribution in [0, 0.1) is 0 Å². The van der Waals surface area contributed by atoms with E-state index in [1.807, 2.05) is 16.7 Å². The third-order valence-corrected chi connectivity index (χ3v) is 4.70. The number of aryl methyl sites for hydroxylation is 1. The van der Waals surface area contributed by atoms with Crippen molar-refractivity contribution < 1.29 is 9.32 Å². The van der Waals surface area contributed by atoms with E-state index in [0.29, 0.717) is 5.69 Å². The van der Waals surface area contributed by atoms with Gasteiger partial charge in [0.2, 0.25) is 0 Å². The summed E-state index contributed by atoms with van der Waals surface area (Å²) in [5.74, 6) is 2.00. The molecule has 1 saturated heterocycles. The van der Waals surface area contributed by atoms with Crippen molar-refractivity contribution in [1.82, 2.24) is 10.1 Å². The van der Waals surface area contributed by atoms with E-state index in [1.54, 1.807) is 0 Å². The fourth-order valence-electron chi connectivity index (χ4n) is 2.55. The summed E-state index contributed by atoms with van der Waals surface area (Å²) in [6.45, 7) is 2.90. The number of carbonyl (C=O) groups is 1. The van der Waals surface area contributed by atoms with Crippen LogP contribution in [0.15, 0.2) is 4.52 Å². The van der Waals surface area contributed by atoms with Crippen molar-refractivity contribution in [3.8, 4) is 0 Å². The second-order valence-electron chi connectivity index (χ2n) is 4.61. The van der Waals surface area contributed by atoms with E-state index in [4.69, 9.17) is 4.52 Å². The minimum absolute atomic E-state index is 0.0504. The first-order valence-electron chi connectivity index (χ1n) is 6.17. The maximum atomic E-state index is 12.4. The Morgan fingerprint density at radius 3 is 3.06 bits per heavy atom. The van der Waals surface area contributed by atoms with Gasteiger partial charge in [0.05, 0.1) is 5.37 Å². The highest BCUT2D eigenvalue weighted by atomic mass is 32.2. The Morgan fingerprint density at radius 1 is 1.47 bits per heavy atom. The molecule has 92 valence electrons. The van der Waals surface area contributed by atoms with Crippen molar-refractivity contribution in [2.24, 2.45) is 0 Å². The maximum absolute atomic E-state index is 12.4. The predicted octanol–water partition coefficient (Wildman–Crippen LogP) is 2.09. The summed E-state index contributed by atoms with van der Waals surface area (Å²) in [7, 11) is 0. The highest BCUT2D eigenvalue weighted by Crippen LogP contribution is 2.29. The van der Waals surface area contributed by atoms with Gasteiger partial charge in [-0.2, -0.15) is 0 Å². The molecular weight excluding hydrogens is 236 g/mol. The summed E-state index contributed by atoms with van der Waals surface area (Å²) in [6.07, 6.45) is 4.15. The quantitative estimate of drug-likeness (QED) is 0.768. The lowest BCUT2D eigenvalue weighted by atomic mass is 9.96. The average molecular weight is 252 g/mol. The fourth-order valence-corrected chi connectivity index (χ4v) is 3.57. The van der Waals surface area contributed by atoms with Gasteiger partial charge in [-0.3, -0.25) is 4.79 Å². The first-order valence-corrected chi connectivity index (χ1v) is 7.22. The minimum Gasteiger partial charge on any atom is -0.360 e. The van der Waals surface area contributed by atoms with Crippen LogP contribution in [0.25, 0.3) is 0 Å². The molecule has 1 aliphatic heterocycles. The largest absolute Gasteiger partial charge is 0.360 e. The molecule has 1 unspecified atom stereocenters. The third-order valence-electron chi connectivity index (χ3n) is 3.54. The summed E-state index contributed by atoms with van der Waals surface area (Å²) < 4.78 is 5.30. The molecule has 0 spiro atoms. The number of hydrogen-bond acceptors (Lipinski definition) is 4. The lowest BCUT2D eigenvalue weighted by Gasteiger charge is -2.19. The van der Waals surface area contributed by atoms with Crippen LogP contribution in [0.5, 0.6) is 0 Å². The maximum Gasteiger partial charge on any atom is 0.277 e. The van der Waals surface area contributed by atoms with Crippen molar-refractivity contribution >= 4 is 17.7 Å². The zero-order valence-electron chi connectivity index (χ0n) is 9.94. The molecule has 5 heteroatoms. The van der Waals surface area contributed by atoms with E-state index in [0.717, 1.165) is 49.3 Å². The summed E-state index contributed by atoms with van der Waals surface area (Å²) in [5.41, 5.74) is 1.62. The second-order valence-corrected chi connectivity index (χ2v) is 6.03. The third kappa shape index (κ3) is 1.86. The number of rotatable bonds is 1. The highest BCUT2D eigenvalue weighted by Gasteiger charge is 2.32. The predicted molar refractivity (Wildman–Crippen MR) is 66.1 cm³/mol. The first kappa shape index (κ1) is 11.1. The van der Waals surface area contributed by atoms with Crippen LogP contribution in [0.3, 0.4) is 0 Å². The summed E-state index contributed by atoms with van der Waals surface area (Å²) in [6, 6.07) is 0. The van der Waals surface area contributed by atoms with Gasteiger partial charge in [0.15, 0.2) is 5.69 Å². The Hall–Kier alpha value is -0.970. The van der Waals surface area contributed by atoms with E-state index in [-0.39, 0.29) is 11.3 Å². The molecule has 0 saturated carbocycles. The van der Waals surface area contributed by atoms with E-state index >= 15 is 0 Å². The molecule has 3 rings (SSSR count). The van der Waals surface area contributed by atoms with Crippen LogP contribution >= 0.6 is 11.8 Å². The van der Waals surface area contributed by atoms with Crippen LogP contribution in [0.4, 0.5) is 0 Å². The zero-order valence-corrected chi connectivity index (χ0v) is 10.8. The Kier molecular flexibility index (Phi) is 2.86. The molecule has 0 radical (unpaired) electrons. The van der Waals surface area contributed by atoms with Gasteiger partial charge in [-0.15, -0.1) is 11.8 Å². The Bertz CT molecular complexity index is 444. The molecular formula is C12H16N2O2S. The summed E-state index contributed by atoms with van der Waals surface area (Å²) >= 11 is 1.82. The van der Waals surface area contributed by atoms with Crippen molar-refractivity contribution in [3.05, 3.63) is 17.0 Å². The number of hydrogen-bond donors (Lipinski definition) is 0. The molecule has 2 aliphatic rings. The van der Waals surface area contributed by atoms with Crippen molar-refractivity contribution in [1.29, 1.82) is 0 Å². The Labute approximate surface area is 105 Å². The fraction of sp³-hybridized carbons (Fsp3) is 0.667. The molecule has 0 aromatic carbocycles. The number of thioether (sulfide) groups is 1. The highest BCUT2D eigenvalue weighted by molar-refractivity contribution is 8.00. The number of nitrogens with zero attached hydrogens (tertiary/aromatic N) is 2. The number of amides is 1. The van der Waals surface area contributed by atoms with E-state index < -0.39 is 0 Å². The zero-order chi connectivity index (χ0) is 11.8. The molecule has 0 N–H and O–H groups in total. The van der Waals surface area contributed by atoms with Crippen molar-refractivity contribution in [2.75, 3.05) is 12.3 Å². The average Bonchev–Trinajstić information content (AvgIpc) is 2.94. The smallest absolute Gasteiger partial charge is 0.277 e. The first-order chi connectivity index (χ1) is 8.27. The van der Waals surface area contributed by atoms with Gasteiger partial charge in [-0.1, -0.05) is 5.16 Å². The normalized spacial score (nSPS) is 23.8. The molecule has 1 aliphatic carbocycles. The van der Waals surface area contributed by atoms with Crippen molar-refractivity contribution in [3.63, 3.8) is 0 Å².